The molecule has 0 unspecified atom stereocenters. The molecular weight excluding hydrogens is 376 g/mol. The number of aromatic nitrogens is 2. The Hall–Kier alpha value is -3.08. The van der Waals surface area contributed by atoms with Crippen molar-refractivity contribution < 1.29 is 14.6 Å². The Labute approximate surface area is 178 Å². The van der Waals surface area contributed by atoms with Crippen LogP contribution >= 0.6 is 0 Å². The SMILES string of the molecule is Cc1ccc(-c2ncc(C)n2Cc2c(C)cccc2OCCCCCC(=O)O)cc1. The van der Waals surface area contributed by atoms with Crippen LogP contribution in [0.4, 0.5) is 0 Å². The van der Waals surface area contributed by atoms with Crippen molar-refractivity contribution in [3.8, 4) is 17.1 Å². The second-order valence-corrected chi connectivity index (χ2v) is 7.78. The molecule has 1 heterocycles. The molecule has 5 nitrogen and oxygen atoms in total. The number of hydrogen-bond donors (Lipinski definition) is 1. The summed E-state index contributed by atoms with van der Waals surface area (Å²) in [6.45, 7) is 7.54. The van der Waals surface area contributed by atoms with Crippen LogP contribution in [0.3, 0.4) is 0 Å². The van der Waals surface area contributed by atoms with Gasteiger partial charge in [-0.05, 0) is 51.7 Å². The number of benzene rings is 2. The lowest BCUT2D eigenvalue weighted by atomic mass is 10.1. The first-order valence-electron chi connectivity index (χ1n) is 10.5. The van der Waals surface area contributed by atoms with Crippen LogP contribution in [0.2, 0.25) is 0 Å². The Morgan fingerprint density at radius 3 is 2.53 bits per heavy atom. The van der Waals surface area contributed by atoms with Crippen molar-refractivity contribution in [2.24, 2.45) is 0 Å². The van der Waals surface area contributed by atoms with Gasteiger partial charge in [-0.2, -0.15) is 0 Å². The minimum absolute atomic E-state index is 0.220. The molecule has 0 amide bonds. The topological polar surface area (TPSA) is 64.4 Å². The van der Waals surface area contributed by atoms with E-state index in [1.807, 2.05) is 18.3 Å². The Morgan fingerprint density at radius 1 is 1.03 bits per heavy atom. The predicted octanol–water partition coefficient (Wildman–Crippen LogP) is 5.55. The number of rotatable bonds is 10. The van der Waals surface area contributed by atoms with Gasteiger partial charge in [0, 0.05) is 29.4 Å². The molecule has 158 valence electrons. The summed E-state index contributed by atoms with van der Waals surface area (Å²) in [6, 6.07) is 14.6. The van der Waals surface area contributed by atoms with Crippen LogP contribution in [0.5, 0.6) is 5.75 Å². The Balaban J connectivity index is 1.75. The lowest BCUT2D eigenvalue weighted by Gasteiger charge is -2.17. The summed E-state index contributed by atoms with van der Waals surface area (Å²) in [7, 11) is 0. The summed E-state index contributed by atoms with van der Waals surface area (Å²) >= 11 is 0. The molecule has 5 heteroatoms. The van der Waals surface area contributed by atoms with Gasteiger partial charge in [-0.3, -0.25) is 4.79 Å². The zero-order chi connectivity index (χ0) is 21.5. The zero-order valence-electron chi connectivity index (χ0n) is 18.0. The van der Waals surface area contributed by atoms with Crippen LogP contribution in [0, 0.1) is 20.8 Å². The summed E-state index contributed by atoms with van der Waals surface area (Å²) in [4.78, 5) is 15.3. The van der Waals surface area contributed by atoms with Crippen LogP contribution in [-0.2, 0) is 11.3 Å². The number of carboxylic acid groups (broad SMARTS) is 1. The highest BCUT2D eigenvalue weighted by Crippen LogP contribution is 2.27. The van der Waals surface area contributed by atoms with Crippen molar-refractivity contribution in [2.45, 2.75) is 53.0 Å². The van der Waals surface area contributed by atoms with Crippen LogP contribution in [0.25, 0.3) is 11.4 Å². The molecule has 0 aliphatic carbocycles. The molecule has 0 saturated carbocycles. The smallest absolute Gasteiger partial charge is 0.303 e. The molecule has 0 fully saturated rings. The van der Waals surface area contributed by atoms with Gasteiger partial charge in [0.2, 0.25) is 0 Å². The molecule has 2 aromatic carbocycles. The second kappa shape index (κ2) is 10.1. The molecule has 0 saturated heterocycles. The van der Waals surface area contributed by atoms with Gasteiger partial charge < -0.3 is 14.4 Å². The number of carboxylic acids is 1. The summed E-state index contributed by atoms with van der Waals surface area (Å²) in [5, 5.41) is 8.74. The average Bonchev–Trinajstić information content (AvgIpc) is 3.07. The Bertz CT molecular complexity index is 990. The molecule has 1 N–H and O–H groups in total. The second-order valence-electron chi connectivity index (χ2n) is 7.78. The lowest BCUT2D eigenvalue weighted by Crippen LogP contribution is -2.09. The van der Waals surface area contributed by atoms with Crippen LogP contribution < -0.4 is 4.74 Å². The van der Waals surface area contributed by atoms with Crippen molar-refractivity contribution in [3.05, 3.63) is 71.0 Å². The summed E-state index contributed by atoms with van der Waals surface area (Å²) < 4.78 is 8.32. The summed E-state index contributed by atoms with van der Waals surface area (Å²) in [5.74, 6) is 1.10. The zero-order valence-corrected chi connectivity index (χ0v) is 18.0. The highest BCUT2D eigenvalue weighted by atomic mass is 16.5. The Morgan fingerprint density at radius 2 is 1.80 bits per heavy atom. The number of aliphatic carboxylic acids is 1. The summed E-state index contributed by atoms with van der Waals surface area (Å²) in [6.07, 6.45) is 4.52. The van der Waals surface area contributed by atoms with E-state index in [0.29, 0.717) is 19.6 Å². The van der Waals surface area contributed by atoms with Crippen molar-refractivity contribution in [2.75, 3.05) is 6.61 Å². The lowest BCUT2D eigenvalue weighted by molar-refractivity contribution is -0.137. The van der Waals surface area contributed by atoms with Crippen molar-refractivity contribution in [1.29, 1.82) is 0 Å². The molecule has 0 aliphatic rings. The van der Waals surface area contributed by atoms with E-state index in [2.05, 4.69) is 60.7 Å². The van der Waals surface area contributed by atoms with Gasteiger partial charge in [0.05, 0.1) is 13.2 Å². The van der Waals surface area contributed by atoms with E-state index in [0.717, 1.165) is 41.2 Å². The van der Waals surface area contributed by atoms with Crippen LogP contribution in [0.1, 0.15) is 48.1 Å². The standard InChI is InChI=1S/C25H30N2O3/c1-18-11-13-21(14-12-18)25-26-16-20(3)27(25)17-22-19(2)8-7-9-23(22)30-15-6-4-5-10-24(28)29/h7-9,11-14,16H,4-6,10,15,17H2,1-3H3,(H,28,29). The number of hydrogen-bond acceptors (Lipinski definition) is 3. The van der Waals surface area contributed by atoms with E-state index in [9.17, 15) is 4.79 Å². The third-order valence-corrected chi connectivity index (χ3v) is 5.34. The van der Waals surface area contributed by atoms with Gasteiger partial charge in [0.15, 0.2) is 0 Å². The van der Waals surface area contributed by atoms with Crippen LogP contribution in [-0.4, -0.2) is 27.2 Å². The predicted molar refractivity (Wildman–Crippen MR) is 119 cm³/mol. The normalized spacial score (nSPS) is 10.9. The molecular formula is C25H30N2O3. The van der Waals surface area contributed by atoms with Crippen molar-refractivity contribution in [1.82, 2.24) is 9.55 Å². The number of nitrogens with zero attached hydrogens (tertiary/aromatic N) is 2. The van der Waals surface area contributed by atoms with E-state index in [1.54, 1.807) is 0 Å². The van der Waals surface area contributed by atoms with E-state index in [4.69, 9.17) is 9.84 Å². The van der Waals surface area contributed by atoms with E-state index < -0.39 is 5.97 Å². The molecule has 0 spiro atoms. The maximum absolute atomic E-state index is 10.6. The van der Waals surface area contributed by atoms with Gasteiger partial charge in [-0.25, -0.2) is 4.98 Å². The average molecular weight is 407 g/mol. The molecule has 3 rings (SSSR count). The Kier molecular flexibility index (Phi) is 7.28. The molecule has 0 bridgehead atoms. The first kappa shape index (κ1) is 21.6. The quantitative estimate of drug-likeness (QED) is 0.449. The third kappa shape index (κ3) is 5.50. The maximum atomic E-state index is 10.6. The van der Waals surface area contributed by atoms with E-state index in [1.165, 1.54) is 11.1 Å². The molecule has 30 heavy (non-hydrogen) atoms. The fourth-order valence-corrected chi connectivity index (χ4v) is 3.50. The monoisotopic (exact) mass is 406 g/mol. The fraction of sp³-hybridized carbons (Fsp3) is 0.360. The van der Waals surface area contributed by atoms with Gasteiger partial charge >= 0.3 is 5.97 Å². The minimum Gasteiger partial charge on any atom is -0.493 e. The van der Waals surface area contributed by atoms with Gasteiger partial charge in [0.1, 0.15) is 11.6 Å². The number of unbranched alkanes of at least 4 members (excludes halogenated alkanes) is 2. The van der Waals surface area contributed by atoms with Crippen molar-refractivity contribution in [3.63, 3.8) is 0 Å². The first-order chi connectivity index (χ1) is 14.5. The highest BCUT2D eigenvalue weighted by molar-refractivity contribution is 5.66. The van der Waals surface area contributed by atoms with Crippen molar-refractivity contribution >= 4 is 5.97 Å². The first-order valence-corrected chi connectivity index (χ1v) is 10.5. The molecule has 0 aliphatic heterocycles. The van der Waals surface area contributed by atoms with Gasteiger partial charge in [-0.1, -0.05) is 42.0 Å². The van der Waals surface area contributed by atoms with Gasteiger partial charge in [-0.15, -0.1) is 0 Å². The van der Waals surface area contributed by atoms with E-state index >= 15 is 0 Å². The maximum Gasteiger partial charge on any atom is 0.303 e. The third-order valence-electron chi connectivity index (χ3n) is 5.34. The molecule has 0 atom stereocenters. The highest BCUT2D eigenvalue weighted by Gasteiger charge is 2.14. The van der Waals surface area contributed by atoms with Gasteiger partial charge in [0.25, 0.3) is 0 Å². The number of imidazole rings is 1. The number of ether oxygens (including phenoxy) is 1. The largest absolute Gasteiger partial charge is 0.493 e. The van der Waals surface area contributed by atoms with E-state index in [-0.39, 0.29) is 6.42 Å². The molecule has 1 aromatic heterocycles. The molecule has 0 radical (unpaired) electrons. The number of carbonyl (C=O) groups is 1. The van der Waals surface area contributed by atoms with Crippen LogP contribution in [0.15, 0.2) is 48.7 Å². The summed E-state index contributed by atoms with van der Waals surface area (Å²) in [5.41, 5.74) is 5.77. The minimum atomic E-state index is -0.739. The molecule has 3 aromatic rings. The number of aryl methyl sites for hydroxylation is 3. The fourth-order valence-electron chi connectivity index (χ4n) is 3.50.